The van der Waals surface area contributed by atoms with E-state index < -0.39 is 6.04 Å². The summed E-state index contributed by atoms with van der Waals surface area (Å²) in [5, 5.41) is 11.4. The molecule has 0 radical (unpaired) electrons. The van der Waals surface area contributed by atoms with Crippen LogP contribution in [0.3, 0.4) is 0 Å². The quantitative estimate of drug-likeness (QED) is 0.720. The number of piperidine rings is 1. The number of amides is 1. The number of furan rings is 1. The average molecular weight is 366 g/mol. The second-order valence-electron chi connectivity index (χ2n) is 6.66. The van der Waals surface area contributed by atoms with Gasteiger partial charge in [0.2, 0.25) is 5.89 Å². The van der Waals surface area contributed by atoms with Crippen molar-refractivity contribution < 1.29 is 13.6 Å². The van der Waals surface area contributed by atoms with Gasteiger partial charge in [0.1, 0.15) is 6.04 Å². The van der Waals surface area contributed by atoms with Gasteiger partial charge in [-0.05, 0) is 37.0 Å². The smallest absolute Gasteiger partial charge is 0.318 e. The normalized spacial score (nSPS) is 15.5. The molecule has 1 aliphatic rings. The van der Waals surface area contributed by atoms with E-state index in [0.29, 0.717) is 18.3 Å². The molecule has 1 unspecified atom stereocenters. The van der Waals surface area contributed by atoms with E-state index in [4.69, 9.17) is 8.83 Å². The summed E-state index contributed by atoms with van der Waals surface area (Å²) >= 11 is 0. The Hall–Kier alpha value is -3.09. The van der Waals surface area contributed by atoms with Crippen LogP contribution in [0.4, 0.5) is 6.01 Å². The van der Waals surface area contributed by atoms with Crippen molar-refractivity contribution in [2.75, 3.05) is 18.0 Å². The lowest BCUT2D eigenvalue weighted by Gasteiger charge is -2.24. The van der Waals surface area contributed by atoms with Gasteiger partial charge >= 0.3 is 6.01 Å². The zero-order valence-corrected chi connectivity index (χ0v) is 15.0. The first kappa shape index (κ1) is 17.3. The summed E-state index contributed by atoms with van der Waals surface area (Å²) in [6.07, 6.45) is 5.51. The maximum Gasteiger partial charge on any atom is 0.318 e. The first-order valence-electron chi connectivity index (χ1n) is 9.26. The Bertz CT molecular complexity index is 855. The van der Waals surface area contributed by atoms with Gasteiger partial charge in [-0.2, -0.15) is 0 Å². The summed E-state index contributed by atoms with van der Waals surface area (Å²) in [4.78, 5) is 14.6. The zero-order valence-electron chi connectivity index (χ0n) is 15.0. The van der Waals surface area contributed by atoms with E-state index in [1.54, 1.807) is 12.1 Å². The minimum absolute atomic E-state index is 0.254. The van der Waals surface area contributed by atoms with Crippen molar-refractivity contribution in [2.45, 2.75) is 31.7 Å². The lowest BCUT2D eigenvalue weighted by molar-refractivity contribution is 0.0902. The van der Waals surface area contributed by atoms with Gasteiger partial charge in [-0.15, -0.1) is 5.10 Å². The van der Waals surface area contributed by atoms with Crippen molar-refractivity contribution in [1.29, 1.82) is 0 Å². The van der Waals surface area contributed by atoms with Crippen LogP contribution in [0.5, 0.6) is 0 Å². The number of benzene rings is 1. The van der Waals surface area contributed by atoms with E-state index in [9.17, 15) is 4.79 Å². The van der Waals surface area contributed by atoms with Crippen LogP contribution in [-0.4, -0.2) is 29.2 Å². The third kappa shape index (κ3) is 4.19. The fraction of sp³-hybridized carbons (Fsp3) is 0.350. The number of rotatable bonds is 6. The monoisotopic (exact) mass is 366 g/mol. The molecule has 4 rings (SSSR count). The van der Waals surface area contributed by atoms with Gasteiger partial charge < -0.3 is 19.1 Å². The minimum atomic E-state index is -0.434. The lowest BCUT2D eigenvalue weighted by Crippen LogP contribution is -2.30. The number of nitrogens with one attached hydrogen (secondary N) is 1. The number of anilines is 1. The van der Waals surface area contributed by atoms with Gasteiger partial charge in [0.25, 0.3) is 5.91 Å². The van der Waals surface area contributed by atoms with Crippen LogP contribution in [0, 0.1) is 0 Å². The van der Waals surface area contributed by atoms with E-state index in [2.05, 4.69) is 20.4 Å². The number of nitrogens with zero attached hydrogens (tertiary/aromatic N) is 3. The highest BCUT2D eigenvalue weighted by Crippen LogP contribution is 2.23. The molecule has 2 aromatic heterocycles. The predicted octanol–water partition coefficient (Wildman–Crippen LogP) is 3.37. The summed E-state index contributed by atoms with van der Waals surface area (Å²) in [5.74, 6) is 0.349. The van der Waals surface area contributed by atoms with Crippen molar-refractivity contribution in [1.82, 2.24) is 15.5 Å². The number of hydrogen-bond donors (Lipinski definition) is 1. The molecule has 1 aromatic carbocycles. The molecule has 1 saturated heterocycles. The molecule has 0 spiro atoms. The van der Waals surface area contributed by atoms with E-state index in [-0.39, 0.29) is 11.7 Å². The summed E-state index contributed by atoms with van der Waals surface area (Å²) in [7, 11) is 0. The van der Waals surface area contributed by atoms with E-state index in [0.717, 1.165) is 31.5 Å². The molecule has 7 nitrogen and oxygen atoms in total. The first-order valence-corrected chi connectivity index (χ1v) is 9.26. The van der Waals surface area contributed by atoms with Crippen molar-refractivity contribution in [2.24, 2.45) is 0 Å². The van der Waals surface area contributed by atoms with Crippen LogP contribution >= 0.6 is 0 Å². The molecule has 3 aromatic rings. The largest absolute Gasteiger partial charge is 0.459 e. The van der Waals surface area contributed by atoms with Gasteiger partial charge in [-0.3, -0.25) is 4.79 Å². The predicted molar refractivity (Wildman–Crippen MR) is 99.4 cm³/mol. The number of hydrogen-bond acceptors (Lipinski definition) is 6. The van der Waals surface area contributed by atoms with E-state index >= 15 is 0 Å². The second-order valence-corrected chi connectivity index (χ2v) is 6.66. The molecule has 0 saturated carbocycles. The molecule has 0 bridgehead atoms. The van der Waals surface area contributed by atoms with Crippen LogP contribution in [0.1, 0.15) is 47.3 Å². The topological polar surface area (TPSA) is 84.4 Å². The van der Waals surface area contributed by atoms with Crippen LogP contribution in [0.2, 0.25) is 0 Å². The maximum atomic E-state index is 12.5. The highest BCUT2D eigenvalue weighted by Gasteiger charge is 2.25. The molecule has 0 aliphatic carbocycles. The third-order valence-electron chi connectivity index (χ3n) is 4.69. The van der Waals surface area contributed by atoms with Crippen LogP contribution in [-0.2, 0) is 6.42 Å². The molecule has 7 heteroatoms. The first-order chi connectivity index (χ1) is 13.3. The Kier molecular flexibility index (Phi) is 5.18. The zero-order chi connectivity index (χ0) is 18.5. The molecule has 1 N–H and O–H groups in total. The summed E-state index contributed by atoms with van der Waals surface area (Å²) in [6, 6.07) is 13.3. The standard InChI is InChI=1S/C20H22N4O3/c25-18(17-10-7-13-26-17)21-16(14-15-8-3-1-4-9-15)19-22-23-20(27-19)24-11-5-2-6-12-24/h1,3-4,7-10,13,16H,2,5-6,11-12,14H2,(H,21,25). The lowest BCUT2D eigenvalue weighted by atomic mass is 10.1. The highest BCUT2D eigenvalue weighted by atomic mass is 16.4. The maximum absolute atomic E-state index is 12.5. The van der Waals surface area contributed by atoms with E-state index in [1.807, 2.05) is 30.3 Å². The Morgan fingerprint density at radius 3 is 2.63 bits per heavy atom. The number of carbonyl (C=O) groups excluding carboxylic acids is 1. The highest BCUT2D eigenvalue weighted by molar-refractivity contribution is 5.91. The SMILES string of the molecule is O=C(NC(Cc1ccccc1)c1nnc(N2CCCCC2)o1)c1ccco1. The van der Waals surface area contributed by atoms with Gasteiger partial charge in [-0.25, -0.2) is 0 Å². The fourth-order valence-electron chi connectivity index (χ4n) is 3.27. The Labute approximate surface area is 157 Å². The summed E-state index contributed by atoms with van der Waals surface area (Å²) in [5.41, 5.74) is 1.07. The van der Waals surface area contributed by atoms with Crippen LogP contribution in [0.25, 0.3) is 0 Å². The van der Waals surface area contributed by atoms with Gasteiger partial charge in [0, 0.05) is 19.5 Å². The molecule has 1 amide bonds. The molecule has 27 heavy (non-hydrogen) atoms. The Morgan fingerprint density at radius 2 is 1.89 bits per heavy atom. The molecular formula is C20H22N4O3. The number of aromatic nitrogens is 2. The molecule has 140 valence electrons. The minimum Gasteiger partial charge on any atom is -0.459 e. The summed E-state index contributed by atoms with van der Waals surface area (Å²) < 4.78 is 11.1. The van der Waals surface area contributed by atoms with Crippen molar-refractivity contribution in [3.63, 3.8) is 0 Å². The van der Waals surface area contributed by atoms with Gasteiger partial charge in [-0.1, -0.05) is 35.4 Å². The van der Waals surface area contributed by atoms with Crippen molar-refractivity contribution in [3.05, 3.63) is 65.9 Å². The van der Waals surface area contributed by atoms with Crippen LogP contribution < -0.4 is 10.2 Å². The Morgan fingerprint density at radius 1 is 1.07 bits per heavy atom. The molecule has 1 fully saturated rings. The second kappa shape index (κ2) is 8.07. The fourth-order valence-corrected chi connectivity index (χ4v) is 3.27. The van der Waals surface area contributed by atoms with Crippen molar-refractivity contribution >= 4 is 11.9 Å². The molecular weight excluding hydrogens is 344 g/mol. The molecule has 1 aliphatic heterocycles. The Balaban J connectivity index is 1.55. The van der Waals surface area contributed by atoms with Gasteiger partial charge in [0.15, 0.2) is 5.76 Å². The third-order valence-corrected chi connectivity index (χ3v) is 4.69. The number of carbonyl (C=O) groups is 1. The van der Waals surface area contributed by atoms with E-state index in [1.165, 1.54) is 12.7 Å². The van der Waals surface area contributed by atoms with Crippen molar-refractivity contribution in [3.8, 4) is 0 Å². The van der Waals surface area contributed by atoms with Crippen LogP contribution in [0.15, 0.2) is 57.6 Å². The molecule has 3 heterocycles. The summed E-state index contributed by atoms with van der Waals surface area (Å²) in [6.45, 7) is 1.84. The van der Waals surface area contributed by atoms with Gasteiger partial charge in [0.05, 0.1) is 6.26 Å². The molecule has 1 atom stereocenters. The average Bonchev–Trinajstić information content (AvgIpc) is 3.41.